The van der Waals surface area contributed by atoms with Crippen molar-refractivity contribution in [1.29, 1.82) is 0 Å². The highest BCUT2D eigenvalue weighted by Gasteiger charge is 2.19. The second-order valence-corrected chi connectivity index (χ2v) is 5.81. The first-order valence-corrected chi connectivity index (χ1v) is 7.85. The first-order chi connectivity index (χ1) is 11.0. The molecule has 0 spiro atoms. The van der Waals surface area contributed by atoms with Gasteiger partial charge in [-0.15, -0.1) is 0 Å². The van der Waals surface area contributed by atoms with Crippen LogP contribution in [0.4, 0.5) is 18.7 Å². The molecular formula is C15H16F2N2O3S. The summed E-state index contributed by atoms with van der Waals surface area (Å²) < 4.78 is 31.8. The highest BCUT2D eigenvalue weighted by atomic mass is 32.1. The second kappa shape index (κ2) is 7.98. The Hall–Kier alpha value is -2.06. The van der Waals surface area contributed by atoms with Crippen LogP contribution in [0.25, 0.3) is 0 Å². The van der Waals surface area contributed by atoms with E-state index < -0.39 is 23.8 Å². The highest BCUT2D eigenvalue weighted by molar-refractivity contribution is 7.15. The van der Waals surface area contributed by atoms with Gasteiger partial charge >= 0.3 is 6.09 Å². The number of anilines is 1. The number of benzene rings is 1. The van der Waals surface area contributed by atoms with Crippen LogP contribution in [0, 0.1) is 11.6 Å². The molecule has 23 heavy (non-hydrogen) atoms. The molecule has 0 aliphatic carbocycles. The van der Waals surface area contributed by atoms with Crippen molar-refractivity contribution in [3.63, 3.8) is 0 Å². The summed E-state index contributed by atoms with van der Waals surface area (Å²) >= 11 is 0.956. The zero-order valence-electron chi connectivity index (χ0n) is 12.4. The SMILES string of the molecule is CCCCOC(=O)Nc1ncc(C(O)c2cc(F)ccc2F)s1. The van der Waals surface area contributed by atoms with Crippen LogP contribution in [0.1, 0.15) is 36.3 Å². The van der Waals surface area contributed by atoms with E-state index in [1.165, 1.54) is 6.20 Å². The van der Waals surface area contributed by atoms with Crippen molar-refractivity contribution < 1.29 is 23.4 Å². The molecule has 0 aliphatic heterocycles. The Labute approximate surface area is 135 Å². The standard InChI is InChI=1S/C15H16F2N2O3S/c1-2-3-6-22-15(21)19-14-18-8-12(23-14)13(20)10-7-9(16)4-5-11(10)17/h4-5,7-8,13,20H,2-3,6H2,1H3,(H,18,19,21). The number of hydrogen-bond acceptors (Lipinski definition) is 5. The molecule has 1 aromatic heterocycles. The van der Waals surface area contributed by atoms with Crippen LogP contribution in [0.15, 0.2) is 24.4 Å². The number of carbonyl (C=O) groups is 1. The van der Waals surface area contributed by atoms with Gasteiger partial charge in [-0.3, -0.25) is 5.32 Å². The molecule has 2 rings (SSSR count). The molecule has 1 atom stereocenters. The summed E-state index contributed by atoms with van der Waals surface area (Å²) in [5.74, 6) is -1.37. The summed E-state index contributed by atoms with van der Waals surface area (Å²) in [4.78, 5) is 15.7. The molecule has 1 amide bonds. The zero-order chi connectivity index (χ0) is 16.8. The van der Waals surface area contributed by atoms with Gasteiger partial charge < -0.3 is 9.84 Å². The van der Waals surface area contributed by atoms with Crippen molar-refractivity contribution in [3.8, 4) is 0 Å². The summed E-state index contributed by atoms with van der Waals surface area (Å²) in [5.41, 5.74) is -0.189. The quantitative estimate of drug-likeness (QED) is 0.782. The van der Waals surface area contributed by atoms with Crippen LogP contribution in [-0.2, 0) is 4.74 Å². The van der Waals surface area contributed by atoms with Crippen LogP contribution < -0.4 is 5.32 Å². The Morgan fingerprint density at radius 2 is 2.26 bits per heavy atom. The average Bonchev–Trinajstić information content (AvgIpc) is 2.97. The minimum atomic E-state index is -1.37. The molecule has 0 aliphatic rings. The van der Waals surface area contributed by atoms with Crippen LogP contribution in [0.2, 0.25) is 0 Å². The van der Waals surface area contributed by atoms with Crippen LogP contribution in [0.3, 0.4) is 0 Å². The van der Waals surface area contributed by atoms with Gasteiger partial charge in [0.05, 0.1) is 11.5 Å². The Morgan fingerprint density at radius 1 is 1.48 bits per heavy atom. The lowest BCUT2D eigenvalue weighted by molar-refractivity contribution is 0.160. The van der Waals surface area contributed by atoms with Crippen molar-refractivity contribution in [3.05, 3.63) is 46.5 Å². The number of aliphatic hydroxyl groups is 1. The lowest BCUT2D eigenvalue weighted by Gasteiger charge is -2.09. The topological polar surface area (TPSA) is 71.5 Å². The van der Waals surface area contributed by atoms with Crippen LogP contribution >= 0.6 is 11.3 Å². The van der Waals surface area contributed by atoms with Crippen molar-refractivity contribution in [2.45, 2.75) is 25.9 Å². The number of rotatable bonds is 6. The van der Waals surface area contributed by atoms with Crippen LogP contribution in [0.5, 0.6) is 0 Å². The minimum Gasteiger partial charge on any atom is -0.449 e. The molecule has 124 valence electrons. The number of ether oxygens (including phenoxy) is 1. The number of halogens is 2. The molecule has 2 aromatic rings. The van der Waals surface area contributed by atoms with E-state index in [9.17, 15) is 18.7 Å². The lowest BCUT2D eigenvalue weighted by Crippen LogP contribution is -2.13. The van der Waals surface area contributed by atoms with E-state index in [-0.39, 0.29) is 15.6 Å². The fraction of sp³-hybridized carbons (Fsp3) is 0.333. The number of hydrogen-bond donors (Lipinski definition) is 2. The van der Waals surface area contributed by atoms with E-state index in [0.717, 1.165) is 42.4 Å². The third kappa shape index (κ3) is 4.70. The van der Waals surface area contributed by atoms with E-state index in [1.54, 1.807) is 0 Å². The second-order valence-electron chi connectivity index (χ2n) is 4.75. The molecule has 2 N–H and O–H groups in total. The van der Waals surface area contributed by atoms with Crippen molar-refractivity contribution >= 4 is 22.6 Å². The predicted octanol–water partition coefficient (Wildman–Crippen LogP) is 3.85. The molecule has 0 radical (unpaired) electrons. The van der Waals surface area contributed by atoms with E-state index >= 15 is 0 Å². The number of carbonyl (C=O) groups excluding carboxylic acids is 1. The third-order valence-electron chi connectivity index (χ3n) is 2.99. The Morgan fingerprint density at radius 3 is 3.00 bits per heavy atom. The van der Waals surface area contributed by atoms with Gasteiger partial charge in [-0.25, -0.2) is 18.6 Å². The fourth-order valence-corrected chi connectivity index (χ4v) is 2.59. The Balaban J connectivity index is 2.03. The molecule has 1 heterocycles. The number of amides is 1. The van der Waals surface area contributed by atoms with Crippen LogP contribution in [-0.4, -0.2) is 22.8 Å². The monoisotopic (exact) mass is 342 g/mol. The maximum Gasteiger partial charge on any atom is 0.413 e. The molecule has 5 nitrogen and oxygen atoms in total. The number of nitrogens with zero attached hydrogens (tertiary/aromatic N) is 1. The number of nitrogens with one attached hydrogen (secondary N) is 1. The molecule has 0 bridgehead atoms. The highest BCUT2D eigenvalue weighted by Crippen LogP contribution is 2.30. The maximum atomic E-state index is 13.7. The van der Waals surface area contributed by atoms with E-state index in [4.69, 9.17) is 4.74 Å². The fourth-order valence-electron chi connectivity index (χ4n) is 1.78. The van der Waals surface area contributed by atoms with Gasteiger partial charge in [-0.2, -0.15) is 0 Å². The average molecular weight is 342 g/mol. The molecule has 8 heteroatoms. The van der Waals surface area contributed by atoms with Gasteiger partial charge in [0.25, 0.3) is 0 Å². The van der Waals surface area contributed by atoms with Gasteiger partial charge in [0, 0.05) is 11.8 Å². The summed E-state index contributed by atoms with van der Waals surface area (Å²) in [5, 5.41) is 12.8. The Kier molecular flexibility index (Phi) is 6.00. The largest absolute Gasteiger partial charge is 0.449 e. The molecule has 0 saturated carbocycles. The van der Waals surface area contributed by atoms with Crippen molar-refractivity contribution in [2.75, 3.05) is 11.9 Å². The molecule has 0 fully saturated rings. The van der Waals surface area contributed by atoms with Gasteiger partial charge in [0.15, 0.2) is 5.13 Å². The molecule has 1 aromatic carbocycles. The maximum absolute atomic E-state index is 13.7. The van der Waals surface area contributed by atoms with Gasteiger partial charge in [-0.1, -0.05) is 24.7 Å². The number of thiazole rings is 1. The smallest absolute Gasteiger partial charge is 0.413 e. The molecule has 0 saturated heterocycles. The van der Waals surface area contributed by atoms with E-state index in [0.29, 0.717) is 6.61 Å². The Bertz CT molecular complexity index is 678. The zero-order valence-corrected chi connectivity index (χ0v) is 13.2. The molecular weight excluding hydrogens is 326 g/mol. The van der Waals surface area contributed by atoms with Gasteiger partial charge in [0.1, 0.15) is 17.7 Å². The van der Waals surface area contributed by atoms with Gasteiger partial charge in [-0.05, 0) is 24.6 Å². The van der Waals surface area contributed by atoms with E-state index in [2.05, 4.69) is 10.3 Å². The summed E-state index contributed by atoms with van der Waals surface area (Å²) in [6.45, 7) is 2.28. The summed E-state index contributed by atoms with van der Waals surface area (Å²) in [7, 11) is 0. The number of aromatic nitrogens is 1. The number of unbranched alkanes of at least 4 members (excludes halogenated alkanes) is 1. The summed E-state index contributed by atoms with van der Waals surface area (Å²) in [6, 6.07) is 2.84. The number of aliphatic hydroxyl groups excluding tert-OH is 1. The first-order valence-electron chi connectivity index (χ1n) is 7.03. The lowest BCUT2D eigenvalue weighted by atomic mass is 10.1. The molecule has 1 unspecified atom stereocenters. The predicted molar refractivity (Wildman–Crippen MR) is 82.4 cm³/mol. The van der Waals surface area contributed by atoms with Crippen molar-refractivity contribution in [1.82, 2.24) is 4.98 Å². The first kappa shape index (κ1) is 17.3. The normalized spacial score (nSPS) is 12.0. The minimum absolute atomic E-state index is 0.189. The summed E-state index contributed by atoms with van der Waals surface area (Å²) in [6.07, 6.45) is 0.941. The van der Waals surface area contributed by atoms with Crippen molar-refractivity contribution in [2.24, 2.45) is 0 Å². The third-order valence-corrected chi connectivity index (χ3v) is 3.95. The van der Waals surface area contributed by atoms with E-state index in [1.807, 2.05) is 6.92 Å². The van der Waals surface area contributed by atoms with Gasteiger partial charge in [0.2, 0.25) is 0 Å².